The zero-order valence-electron chi connectivity index (χ0n) is 13.8. The Kier molecular flexibility index (Phi) is 4.77. The largest absolute Gasteiger partial charge is 0.342 e. The van der Waals surface area contributed by atoms with Crippen molar-refractivity contribution in [1.82, 2.24) is 24.8 Å². The van der Waals surface area contributed by atoms with Crippen molar-refractivity contribution >= 4 is 5.91 Å². The molecule has 7 nitrogen and oxygen atoms in total. The summed E-state index contributed by atoms with van der Waals surface area (Å²) in [6.07, 6.45) is 5.86. The van der Waals surface area contributed by atoms with Gasteiger partial charge in [0.25, 0.3) is 0 Å². The van der Waals surface area contributed by atoms with Crippen LogP contribution in [0.1, 0.15) is 18.5 Å². The van der Waals surface area contributed by atoms with Crippen molar-refractivity contribution in [3.63, 3.8) is 0 Å². The minimum atomic E-state index is 0.125. The molecule has 0 saturated carbocycles. The van der Waals surface area contributed by atoms with E-state index < -0.39 is 0 Å². The second kappa shape index (κ2) is 6.80. The van der Waals surface area contributed by atoms with E-state index in [1.165, 1.54) is 0 Å². The molecule has 3 fully saturated rings. The summed E-state index contributed by atoms with van der Waals surface area (Å²) < 4.78 is 1.88. The van der Waals surface area contributed by atoms with E-state index in [2.05, 4.69) is 21.8 Å². The molecule has 3 saturated heterocycles. The van der Waals surface area contributed by atoms with Gasteiger partial charge in [0.05, 0.1) is 18.2 Å². The fourth-order valence-corrected chi connectivity index (χ4v) is 3.91. The molecule has 1 aromatic rings. The number of amides is 1. The lowest BCUT2D eigenvalue weighted by molar-refractivity contribution is -0.142. The van der Waals surface area contributed by atoms with Gasteiger partial charge in [0.2, 0.25) is 5.91 Å². The molecule has 1 unspecified atom stereocenters. The standard InChI is InChI=1S/C16H26N6O/c1-3-5-20(2)16(23)15-11-21-6-4-12(15)7-14(21)10-22-9-13(8-17)18-19-22/h3,9,12,14-15H,1,4-8,10-11,17H2,2H3/t12-,14-,15+/m1/s1. The highest BCUT2D eigenvalue weighted by Gasteiger charge is 2.43. The number of nitrogens with zero attached hydrogens (tertiary/aromatic N) is 5. The molecule has 2 N–H and O–H groups in total. The van der Waals surface area contributed by atoms with E-state index in [9.17, 15) is 4.79 Å². The first kappa shape index (κ1) is 16.1. The van der Waals surface area contributed by atoms with Crippen LogP contribution in [0.15, 0.2) is 18.9 Å². The first-order chi connectivity index (χ1) is 11.1. The highest BCUT2D eigenvalue weighted by molar-refractivity contribution is 5.79. The molecule has 0 aromatic carbocycles. The Morgan fingerprint density at radius 1 is 1.61 bits per heavy atom. The molecule has 0 aliphatic carbocycles. The van der Waals surface area contributed by atoms with Crippen LogP contribution in [0, 0.1) is 11.8 Å². The quantitative estimate of drug-likeness (QED) is 0.752. The van der Waals surface area contributed by atoms with Gasteiger partial charge in [0, 0.05) is 38.9 Å². The van der Waals surface area contributed by atoms with Crippen molar-refractivity contribution in [1.29, 1.82) is 0 Å². The predicted octanol–water partition coefficient (Wildman–Crippen LogP) is 0.0916. The third kappa shape index (κ3) is 3.30. The van der Waals surface area contributed by atoms with Crippen molar-refractivity contribution < 1.29 is 4.79 Å². The smallest absolute Gasteiger partial charge is 0.227 e. The zero-order valence-corrected chi connectivity index (χ0v) is 13.8. The summed E-state index contributed by atoms with van der Waals surface area (Å²) in [5.41, 5.74) is 6.41. The van der Waals surface area contributed by atoms with Crippen LogP contribution < -0.4 is 5.73 Å². The SMILES string of the molecule is C=CCN(C)C(=O)[C@H]1CN2CC[C@@H]1C[C@@H]2Cn1cc(CN)nn1. The number of likely N-dealkylation sites (N-methyl/N-ethyl adjacent to an activating group) is 1. The highest BCUT2D eigenvalue weighted by Crippen LogP contribution is 2.37. The number of aromatic nitrogens is 3. The van der Waals surface area contributed by atoms with Crippen LogP contribution in [-0.2, 0) is 17.9 Å². The number of nitrogens with two attached hydrogens (primary N) is 1. The highest BCUT2D eigenvalue weighted by atomic mass is 16.2. The second-order valence-corrected chi connectivity index (χ2v) is 6.68. The lowest BCUT2D eigenvalue weighted by Gasteiger charge is -2.49. The van der Waals surface area contributed by atoms with Crippen LogP contribution in [0.5, 0.6) is 0 Å². The van der Waals surface area contributed by atoms with Gasteiger partial charge in [-0.2, -0.15) is 0 Å². The fourth-order valence-electron chi connectivity index (χ4n) is 3.91. The maximum Gasteiger partial charge on any atom is 0.227 e. The molecule has 4 rings (SSSR count). The molecule has 1 aromatic heterocycles. The molecule has 1 amide bonds. The summed E-state index contributed by atoms with van der Waals surface area (Å²) in [6, 6.07) is 0.440. The van der Waals surface area contributed by atoms with E-state index in [4.69, 9.17) is 5.73 Å². The minimum absolute atomic E-state index is 0.125. The van der Waals surface area contributed by atoms with Gasteiger partial charge in [0.1, 0.15) is 0 Å². The Balaban J connectivity index is 1.62. The van der Waals surface area contributed by atoms with E-state index in [1.807, 2.05) is 17.9 Å². The number of piperidine rings is 3. The summed E-state index contributed by atoms with van der Waals surface area (Å²) in [5.74, 6) is 0.854. The van der Waals surface area contributed by atoms with Gasteiger partial charge < -0.3 is 10.6 Å². The molecule has 126 valence electrons. The van der Waals surface area contributed by atoms with Gasteiger partial charge in [-0.3, -0.25) is 14.4 Å². The molecule has 7 heteroatoms. The number of rotatable bonds is 6. The molecule has 23 heavy (non-hydrogen) atoms. The average Bonchev–Trinajstić information content (AvgIpc) is 3.02. The number of hydrogen-bond acceptors (Lipinski definition) is 5. The Labute approximate surface area is 137 Å². The van der Waals surface area contributed by atoms with E-state index in [0.29, 0.717) is 25.0 Å². The third-order valence-corrected chi connectivity index (χ3v) is 5.17. The van der Waals surface area contributed by atoms with Crippen LogP contribution in [0.3, 0.4) is 0 Å². The minimum Gasteiger partial charge on any atom is -0.342 e. The molecule has 0 spiro atoms. The maximum absolute atomic E-state index is 12.6. The summed E-state index contributed by atoms with van der Waals surface area (Å²) in [7, 11) is 1.86. The van der Waals surface area contributed by atoms with Gasteiger partial charge in [-0.15, -0.1) is 11.7 Å². The van der Waals surface area contributed by atoms with Gasteiger partial charge in [-0.25, -0.2) is 0 Å². The van der Waals surface area contributed by atoms with Crippen LogP contribution in [0.4, 0.5) is 0 Å². The van der Waals surface area contributed by atoms with Crippen LogP contribution in [0.2, 0.25) is 0 Å². The lowest BCUT2D eigenvalue weighted by Crippen LogP contribution is -2.58. The monoisotopic (exact) mass is 318 g/mol. The van der Waals surface area contributed by atoms with E-state index in [1.54, 1.807) is 11.0 Å². The topological polar surface area (TPSA) is 80.3 Å². The van der Waals surface area contributed by atoms with Crippen molar-refractivity contribution in [3.8, 4) is 0 Å². The molecule has 3 aliphatic rings. The summed E-state index contributed by atoms with van der Waals surface area (Å²) in [4.78, 5) is 16.8. The molecular formula is C16H26N6O. The van der Waals surface area contributed by atoms with Gasteiger partial charge >= 0.3 is 0 Å². The van der Waals surface area contributed by atoms with E-state index >= 15 is 0 Å². The Bertz CT molecular complexity index is 571. The Morgan fingerprint density at radius 3 is 3.04 bits per heavy atom. The van der Waals surface area contributed by atoms with E-state index in [0.717, 1.165) is 38.2 Å². The van der Waals surface area contributed by atoms with Crippen molar-refractivity contribution in [3.05, 3.63) is 24.5 Å². The van der Waals surface area contributed by atoms with Crippen molar-refractivity contribution in [2.24, 2.45) is 17.6 Å². The van der Waals surface area contributed by atoms with Crippen LogP contribution >= 0.6 is 0 Å². The lowest BCUT2D eigenvalue weighted by atomic mass is 9.75. The number of fused-ring (bicyclic) bond motifs is 3. The van der Waals surface area contributed by atoms with Gasteiger partial charge in [-0.1, -0.05) is 11.3 Å². The predicted molar refractivity (Wildman–Crippen MR) is 87.3 cm³/mol. The van der Waals surface area contributed by atoms with Gasteiger partial charge in [0.15, 0.2) is 0 Å². The second-order valence-electron chi connectivity index (χ2n) is 6.68. The number of hydrogen-bond donors (Lipinski definition) is 1. The summed E-state index contributed by atoms with van der Waals surface area (Å²) >= 11 is 0. The Hall–Kier alpha value is -1.73. The molecule has 4 atom stereocenters. The first-order valence-corrected chi connectivity index (χ1v) is 8.31. The Morgan fingerprint density at radius 2 is 2.43 bits per heavy atom. The number of carbonyl (C=O) groups excluding carboxylic acids is 1. The van der Waals surface area contributed by atoms with Crippen LogP contribution in [0.25, 0.3) is 0 Å². The zero-order chi connectivity index (χ0) is 16.4. The van der Waals surface area contributed by atoms with Gasteiger partial charge in [-0.05, 0) is 25.3 Å². The average molecular weight is 318 g/mol. The molecule has 0 radical (unpaired) electrons. The number of carbonyl (C=O) groups is 1. The van der Waals surface area contributed by atoms with Crippen molar-refractivity contribution in [2.45, 2.75) is 32.0 Å². The van der Waals surface area contributed by atoms with Crippen LogP contribution in [-0.4, -0.2) is 63.4 Å². The maximum atomic E-state index is 12.6. The van der Waals surface area contributed by atoms with Crippen molar-refractivity contribution in [2.75, 3.05) is 26.7 Å². The summed E-state index contributed by atoms with van der Waals surface area (Å²) in [5, 5.41) is 8.19. The van der Waals surface area contributed by atoms with E-state index in [-0.39, 0.29) is 11.8 Å². The molecular weight excluding hydrogens is 292 g/mol. The normalized spacial score (nSPS) is 29.5. The summed E-state index contributed by atoms with van der Waals surface area (Å²) in [6.45, 7) is 7.51. The first-order valence-electron chi connectivity index (χ1n) is 8.31. The molecule has 2 bridgehead atoms. The third-order valence-electron chi connectivity index (χ3n) is 5.17. The fraction of sp³-hybridized carbons (Fsp3) is 0.688. The molecule has 4 heterocycles. The molecule has 3 aliphatic heterocycles.